The van der Waals surface area contributed by atoms with Crippen molar-refractivity contribution in [2.24, 2.45) is 0 Å². The minimum atomic E-state index is -4.80. The molecule has 0 saturated carbocycles. The fourth-order valence-electron chi connectivity index (χ4n) is 3.91. The smallest absolute Gasteiger partial charge is 0.469 e. The van der Waals surface area contributed by atoms with Crippen LogP contribution in [-0.2, 0) is 51.8 Å². The Kier molecular flexibility index (Phi) is 9.75. The van der Waals surface area contributed by atoms with Gasteiger partial charge in [-0.15, -0.1) is 0 Å². The molecule has 0 radical (unpaired) electrons. The Labute approximate surface area is 230 Å². The van der Waals surface area contributed by atoms with Gasteiger partial charge >= 0.3 is 23.5 Å². The monoisotopic (exact) mass is 642 g/mol. The van der Waals surface area contributed by atoms with E-state index in [4.69, 9.17) is 38.8 Å². The molecule has 0 aliphatic carbocycles. The highest BCUT2D eigenvalue weighted by molar-refractivity contribution is 7.46. The summed E-state index contributed by atoms with van der Waals surface area (Å²) in [6.07, 6.45) is -0.332. The first-order valence-corrected chi connectivity index (χ1v) is 16.0. The standard InChI is InChI=1S/C19H25N4O15P3/c24-14-4-16(38-15(14)8-37-41(31,32)33)23-10-22-17-18(23)20-9-21-19(17)34-5-11-1-12(6-35-39(25,26)27)3-13(2-11)7-36-40(28,29)30/h1-3,9-10,14-16,24H,4-8H2,(H2,25,26,27)(H2,28,29,30)(H2,31,32,33)/t14-,15-,16-/m1/s1. The molecular weight excluding hydrogens is 617 g/mol. The summed E-state index contributed by atoms with van der Waals surface area (Å²) in [5.41, 5.74) is 1.37. The van der Waals surface area contributed by atoms with Gasteiger partial charge in [0, 0.05) is 6.42 Å². The number of benzene rings is 1. The number of aliphatic hydroxyl groups excluding tert-OH is 1. The van der Waals surface area contributed by atoms with Gasteiger partial charge in [-0.1, -0.05) is 18.2 Å². The van der Waals surface area contributed by atoms with Gasteiger partial charge in [-0.05, 0) is 16.7 Å². The molecule has 226 valence electrons. The maximum absolute atomic E-state index is 11.1. The van der Waals surface area contributed by atoms with E-state index in [0.717, 1.165) is 0 Å². The number of aliphatic hydroxyl groups is 1. The van der Waals surface area contributed by atoms with Crippen LogP contribution in [0.15, 0.2) is 30.9 Å². The van der Waals surface area contributed by atoms with Crippen molar-refractivity contribution in [1.82, 2.24) is 19.5 Å². The number of nitrogens with zero attached hydrogens (tertiary/aromatic N) is 4. The molecule has 0 amide bonds. The lowest BCUT2D eigenvalue weighted by atomic mass is 10.1. The molecule has 3 atom stereocenters. The van der Waals surface area contributed by atoms with Crippen LogP contribution in [-0.4, -0.2) is 72.8 Å². The Balaban J connectivity index is 1.50. The van der Waals surface area contributed by atoms with Crippen molar-refractivity contribution in [1.29, 1.82) is 0 Å². The first kappa shape index (κ1) is 31.7. The van der Waals surface area contributed by atoms with Gasteiger partial charge in [-0.25, -0.2) is 23.7 Å². The highest BCUT2D eigenvalue weighted by Gasteiger charge is 2.37. The third-order valence-corrected chi connectivity index (χ3v) is 6.95. The van der Waals surface area contributed by atoms with Crippen molar-refractivity contribution in [3.8, 4) is 5.88 Å². The molecule has 1 aromatic carbocycles. The van der Waals surface area contributed by atoms with Crippen molar-refractivity contribution >= 4 is 34.6 Å². The first-order valence-electron chi connectivity index (χ1n) is 11.4. The number of hydrogen-bond donors (Lipinski definition) is 7. The third kappa shape index (κ3) is 9.41. The number of hydrogen-bond acceptors (Lipinski definition) is 12. The van der Waals surface area contributed by atoms with E-state index >= 15 is 0 Å². The zero-order chi connectivity index (χ0) is 30.0. The maximum atomic E-state index is 11.1. The number of phosphoric ester groups is 3. The quantitative estimate of drug-likeness (QED) is 0.124. The van der Waals surface area contributed by atoms with E-state index in [1.807, 2.05) is 0 Å². The Bertz CT molecular complexity index is 1470. The predicted octanol–water partition coefficient (Wildman–Crippen LogP) is 0.382. The van der Waals surface area contributed by atoms with Crippen LogP contribution in [0.4, 0.5) is 0 Å². The zero-order valence-electron chi connectivity index (χ0n) is 20.7. The van der Waals surface area contributed by atoms with Gasteiger partial charge in [0.15, 0.2) is 11.2 Å². The molecule has 41 heavy (non-hydrogen) atoms. The molecule has 0 spiro atoms. The van der Waals surface area contributed by atoms with Crippen LogP contribution in [0.2, 0.25) is 0 Å². The summed E-state index contributed by atoms with van der Waals surface area (Å²) in [6.45, 7) is -1.75. The lowest BCUT2D eigenvalue weighted by molar-refractivity contribution is -0.0424. The van der Waals surface area contributed by atoms with E-state index in [1.54, 1.807) is 0 Å². The van der Waals surface area contributed by atoms with E-state index in [-0.39, 0.29) is 41.2 Å². The summed E-state index contributed by atoms with van der Waals surface area (Å²) in [4.78, 5) is 66.3. The summed E-state index contributed by atoms with van der Waals surface area (Å²) >= 11 is 0. The largest absolute Gasteiger partial charge is 0.471 e. The van der Waals surface area contributed by atoms with Gasteiger partial charge in [-0.3, -0.25) is 18.1 Å². The number of imidazole rings is 1. The van der Waals surface area contributed by atoms with E-state index in [2.05, 4.69) is 28.5 Å². The number of ether oxygens (including phenoxy) is 2. The average Bonchev–Trinajstić information content (AvgIpc) is 3.46. The zero-order valence-corrected chi connectivity index (χ0v) is 23.4. The van der Waals surface area contributed by atoms with Crippen LogP contribution in [0, 0.1) is 0 Å². The number of rotatable bonds is 13. The maximum Gasteiger partial charge on any atom is 0.469 e. The fraction of sp³-hybridized carbons (Fsp3) is 0.421. The van der Waals surface area contributed by atoms with Crippen LogP contribution in [0.3, 0.4) is 0 Å². The Morgan fingerprint density at radius 2 is 1.39 bits per heavy atom. The molecular formula is C19H25N4O15P3. The van der Waals surface area contributed by atoms with E-state index in [1.165, 1.54) is 35.4 Å². The molecule has 19 nitrogen and oxygen atoms in total. The van der Waals surface area contributed by atoms with E-state index in [0.29, 0.717) is 5.56 Å². The van der Waals surface area contributed by atoms with E-state index < -0.39 is 61.7 Å². The van der Waals surface area contributed by atoms with Gasteiger partial charge in [0.2, 0.25) is 5.88 Å². The molecule has 4 rings (SSSR count). The van der Waals surface area contributed by atoms with Gasteiger partial charge in [0.05, 0.1) is 32.3 Å². The molecule has 3 aromatic rings. The Hall–Kier alpha value is -2.18. The summed E-state index contributed by atoms with van der Waals surface area (Å²) in [5, 5.41) is 10.2. The van der Waals surface area contributed by atoms with Crippen molar-refractivity contribution < 1.29 is 71.2 Å². The minimum Gasteiger partial charge on any atom is -0.471 e. The highest BCUT2D eigenvalue weighted by atomic mass is 31.2. The molecule has 1 saturated heterocycles. The Morgan fingerprint density at radius 1 is 0.829 bits per heavy atom. The fourth-order valence-corrected chi connectivity index (χ4v) is 4.89. The van der Waals surface area contributed by atoms with Gasteiger partial charge < -0.3 is 43.9 Å². The molecule has 7 N–H and O–H groups in total. The van der Waals surface area contributed by atoms with Crippen LogP contribution < -0.4 is 4.74 Å². The summed E-state index contributed by atoms with van der Waals surface area (Å²) in [5.74, 6) is 0.0265. The summed E-state index contributed by atoms with van der Waals surface area (Å²) in [6, 6.07) is 4.36. The molecule has 3 heterocycles. The number of fused-ring (bicyclic) bond motifs is 1. The molecule has 1 aliphatic heterocycles. The SMILES string of the molecule is O=P(O)(O)OCc1cc(COc2ncnc3c2ncn3[C@H]2C[C@@H](O)[C@@H](COP(=O)(O)O)O2)cc(COP(=O)(O)O)c1. The third-order valence-electron chi connectivity index (χ3n) is 5.53. The second-order valence-electron chi connectivity index (χ2n) is 8.70. The molecule has 22 heteroatoms. The van der Waals surface area contributed by atoms with Crippen molar-refractivity contribution in [3.05, 3.63) is 47.5 Å². The van der Waals surface area contributed by atoms with E-state index in [9.17, 15) is 18.8 Å². The highest BCUT2D eigenvalue weighted by Crippen LogP contribution is 2.40. The van der Waals surface area contributed by atoms with Gasteiger partial charge in [-0.2, -0.15) is 4.98 Å². The second-order valence-corrected chi connectivity index (χ2v) is 12.4. The molecule has 1 fully saturated rings. The topological polar surface area (TPSA) is 283 Å². The van der Waals surface area contributed by atoms with Crippen molar-refractivity contribution in [2.45, 2.75) is 44.7 Å². The molecule has 2 aromatic heterocycles. The van der Waals surface area contributed by atoms with Crippen LogP contribution in [0.5, 0.6) is 5.88 Å². The summed E-state index contributed by atoms with van der Waals surface area (Å²) < 4.78 is 59.6. The second kappa shape index (κ2) is 12.6. The van der Waals surface area contributed by atoms with Gasteiger partial charge in [0.1, 0.15) is 25.3 Å². The normalized spacial score (nSPS) is 20.1. The van der Waals surface area contributed by atoms with Crippen LogP contribution in [0.1, 0.15) is 29.3 Å². The lowest BCUT2D eigenvalue weighted by Gasteiger charge is -2.16. The number of aromatic nitrogens is 4. The molecule has 1 aliphatic rings. The molecule has 0 bridgehead atoms. The number of phosphoric acid groups is 3. The summed E-state index contributed by atoms with van der Waals surface area (Å²) in [7, 11) is -14.4. The average molecular weight is 642 g/mol. The first-order chi connectivity index (χ1) is 19.1. The lowest BCUT2D eigenvalue weighted by Crippen LogP contribution is -2.25. The van der Waals surface area contributed by atoms with Gasteiger partial charge in [0.25, 0.3) is 0 Å². The Morgan fingerprint density at radius 3 is 1.95 bits per heavy atom. The minimum absolute atomic E-state index is 0.0265. The van der Waals surface area contributed by atoms with Crippen molar-refractivity contribution in [2.75, 3.05) is 6.61 Å². The predicted molar refractivity (Wildman–Crippen MR) is 132 cm³/mol. The van der Waals surface area contributed by atoms with Crippen LogP contribution in [0.25, 0.3) is 11.2 Å². The van der Waals surface area contributed by atoms with Crippen LogP contribution >= 0.6 is 23.5 Å². The van der Waals surface area contributed by atoms with Crippen molar-refractivity contribution in [3.63, 3.8) is 0 Å². The molecule has 0 unspecified atom stereocenters.